The molecule has 2 atom stereocenters. The van der Waals surface area contributed by atoms with Crippen molar-refractivity contribution in [3.05, 3.63) is 0 Å². The van der Waals surface area contributed by atoms with Crippen LogP contribution in [0.25, 0.3) is 0 Å². The Kier molecular flexibility index (Phi) is 4.19. The largest absolute Gasteiger partial charge is 0.377 e. The Morgan fingerprint density at radius 3 is 2.57 bits per heavy atom. The fourth-order valence-electron chi connectivity index (χ4n) is 1.87. The summed E-state index contributed by atoms with van der Waals surface area (Å²) in [6.45, 7) is 4.93. The van der Waals surface area contributed by atoms with Crippen LogP contribution in [0.1, 0.15) is 12.8 Å². The SMILES string of the molecule is C1COC(CNCC2COCCO2)C1. The molecule has 1 N–H and O–H groups in total. The van der Waals surface area contributed by atoms with Gasteiger partial charge in [0.2, 0.25) is 0 Å². The van der Waals surface area contributed by atoms with Crippen LogP contribution in [-0.4, -0.2) is 51.7 Å². The highest BCUT2D eigenvalue weighted by atomic mass is 16.6. The number of hydrogen-bond donors (Lipinski definition) is 1. The van der Waals surface area contributed by atoms with Crippen LogP contribution in [0.3, 0.4) is 0 Å². The van der Waals surface area contributed by atoms with Gasteiger partial charge in [-0.2, -0.15) is 0 Å². The van der Waals surface area contributed by atoms with E-state index in [1.807, 2.05) is 0 Å². The van der Waals surface area contributed by atoms with Crippen molar-refractivity contribution in [2.45, 2.75) is 25.0 Å². The van der Waals surface area contributed by atoms with Crippen LogP contribution in [0.2, 0.25) is 0 Å². The van der Waals surface area contributed by atoms with Crippen molar-refractivity contribution in [1.29, 1.82) is 0 Å². The number of rotatable bonds is 4. The van der Waals surface area contributed by atoms with E-state index in [1.165, 1.54) is 12.8 Å². The molecule has 82 valence electrons. The summed E-state index contributed by atoms with van der Waals surface area (Å²) in [4.78, 5) is 0. The molecule has 4 heteroatoms. The Morgan fingerprint density at radius 2 is 1.86 bits per heavy atom. The van der Waals surface area contributed by atoms with Crippen LogP contribution in [0, 0.1) is 0 Å². The van der Waals surface area contributed by atoms with Crippen molar-refractivity contribution in [2.75, 3.05) is 39.5 Å². The van der Waals surface area contributed by atoms with E-state index in [9.17, 15) is 0 Å². The van der Waals surface area contributed by atoms with E-state index in [1.54, 1.807) is 0 Å². The summed E-state index contributed by atoms with van der Waals surface area (Å²) in [6, 6.07) is 0. The van der Waals surface area contributed by atoms with Gasteiger partial charge in [0.05, 0.1) is 32.0 Å². The first kappa shape index (κ1) is 10.4. The van der Waals surface area contributed by atoms with Crippen LogP contribution in [0.4, 0.5) is 0 Å². The molecule has 2 aliphatic rings. The molecule has 0 aromatic heterocycles. The van der Waals surface area contributed by atoms with E-state index in [2.05, 4.69) is 5.32 Å². The zero-order valence-electron chi connectivity index (χ0n) is 8.54. The minimum Gasteiger partial charge on any atom is -0.377 e. The summed E-state index contributed by atoms with van der Waals surface area (Å²) < 4.78 is 16.3. The molecule has 4 nitrogen and oxygen atoms in total. The van der Waals surface area contributed by atoms with Crippen LogP contribution < -0.4 is 5.32 Å². The highest BCUT2D eigenvalue weighted by molar-refractivity contribution is 4.70. The van der Waals surface area contributed by atoms with Gasteiger partial charge < -0.3 is 19.5 Å². The first-order chi connectivity index (χ1) is 6.95. The third-order valence-corrected chi connectivity index (χ3v) is 2.65. The smallest absolute Gasteiger partial charge is 0.0933 e. The van der Waals surface area contributed by atoms with Gasteiger partial charge in [0.1, 0.15) is 0 Å². The topological polar surface area (TPSA) is 39.7 Å². The lowest BCUT2D eigenvalue weighted by Crippen LogP contribution is -2.39. The molecule has 0 spiro atoms. The molecule has 0 saturated carbocycles. The second-order valence-corrected chi connectivity index (χ2v) is 3.86. The monoisotopic (exact) mass is 201 g/mol. The number of hydrogen-bond acceptors (Lipinski definition) is 4. The molecule has 0 aromatic rings. The first-order valence-corrected chi connectivity index (χ1v) is 5.47. The van der Waals surface area contributed by atoms with Gasteiger partial charge in [-0.1, -0.05) is 0 Å². The van der Waals surface area contributed by atoms with Crippen LogP contribution in [0.5, 0.6) is 0 Å². The Balaban J connectivity index is 1.52. The molecule has 2 rings (SSSR count). The zero-order chi connectivity index (χ0) is 9.64. The minimum atomic E-state index is 0.227. The van der Waals surface area contributed by atoms with Crippen molar-refractivity contribution in [3.8, 4) is 0 Å². The van der Waals surface area contributed by atoms with E-state index < -0.39 is 0 Å². The van der Waals surface area contributed by atoms with Gasteiger partial charge >= 0.3 is 0 Å². The lowest BCUT2D eigenvalue weighted by atomic mass is 10.2. The van der Waals surface area contributed by atoms with E-state index >= 15 is 0 Å². The summed E-state index contributed by atoms with van der Waals surface area (Å²) >= 11 is 0. The molecule has 0 amide bonds. The summed E-state index contributed by atoms with van der Waals surface area (Å²) in [5.74, 6) is 0. The molecule has 2 aliphatic heterocycles. The van der Waals surface area contributed by atoms with Crippen molar-refractivity contribution in [1.82, 2.24) is 5.32 Å². The van der Waals surface area contributed by atoms with E-state index in [0.29, 0.717) is 6.10 Å². The van der Waals surface area contributed by atoms with E-state index in [4.69, 9.17) is 14.2 Å². The molecule has 2 unspecified atom stereocenters. The molecule has 2 fully saturated rings. The molecule has 14 heavy (non-hydrogen) atoms. The minimum absolute atomic E-state index is 0.227. The molecule has 0 bridgehead atoms. The van der Waals surface area contributed by atoms with Gasteiger partial charge in [0.15, 0.2) is 0 Å². The Hall–Kier alpha value is -0.160. The molecule has 2 heterocycles. The highest BCUT2D eigenvalue weighted by Crippen LogP contribution is 2.10. The van der Waals surface area contributed by atoms with Crippen LogP contribution in [-0.2, 0) is 14.2 Å². The lowest BCUT2D eigenvalue weighted by Gasteiger charge is -2.23. The summed E-state index contributed by atoms with van der Waals surface area (Å²) in [5.41, 5.74) is 0. The van der Waals surface area contributed by atoms with Gasteiger partial charge in [-0.05, 0) is 12.8 Å². The molecule has 0 aromatic carbocycles. The second kappa shape index (κ2) is 5.66. The normalized spacial score (nSPS) is 33.4. The summed E-state index contributed by atoms with van der Waals surface area (Å²) in [5, 5.41) is 3.37. The zero-order valence-corrected chi connectivity index (χ0v) is 8.54. The van der Waals surface area contributed by atoms with Crippen molar-refractivity contribution >= 4 is 0 Å². The van der Waals surface area contributed by atoms with Crippen molar-refractivity contribution < 1.29 is 14.2 Å². The molecule has 2 saturated heterocycles. The molecular formula is C10H19NO3. The van der Waals surface area contributed by atoms with Crippen LogP contribution >= 0.6 is 0 Å². The third kappa shape index (κ3) is 3.20. The fraction of sp³-hybridized carbons (Fsp3) is 1.00. The second-order valence-electron chi connectivity index (χ2n) is 3.86. The standard InChI is InChI=1S/C10H19NO3/c1-2-9(13-3-1)6-11-7-10-8-12-4-5-14-10/h9-11H,1-8H2. The highest BCUT2D eigenvalue weighted by Gasteiger charge is 2.17. The lowest BCUT2D eigenvalue weighted by molar-refractivity contribution is -0.0868. The van der Waals surface area contributed by atoms with Crippen LogP contribution in [0.15, 0.2) is 0 Å². The number of ether oxygens (including phenoxy) is 3. The van der Waals surface area contributed by atoms with Gasteiger partial charge in [-0.25, -0.2) is 0 Å². The van der Waals surface area contributed by atoms with Gasteiger partial charge in [0.25, 0.3) is 0 Å². The van der Waals surface area contributed by atoms with E-state index in [0.717, 1.165) is 39.5 Å². The third-order valence-electron chi connectivity index (χ3n) is 2.65. The summed E-state index contributed by atoms with van der Waals surface area (Å²) in [6.07, 6.45) is 3.04. The van der Waals surface area contributed by atoms with Gasteiger partial charge in [0, 0.05) is 19.7 Å². The quantitative estimate of drug-likeness (QED) is 0.704. The average molecular weight is 201 g/mol. The first-order valence-electron chi connectivity index (χ1n) is 5.47. The van der Waals surface area contributed by atoms with Gasteiger partial charge in [-0.15, -0.1) is 0 Å². The number of nitrogens with one attached hydrogen (secondary N) is 1. The summed E-state index contributed by atoms with van der Waals surface area (Å²) in [7, 11) is 0. The van der Waals surface area contributed by atoms with Gasteiger partial charge in [-0.3, -0.25) is 0 Å². The Bertz CT molecular complexity index is 153. The predicted molar refractivity (Wildman–Crippen MR) is 52.4 cm³/mol. The molecule has 0 aliphatic carbocycles. The van der Waals surface area contributed by atoms with Crippen molar-refractivity contribution in [3.63, 3.8) is 0 Å². The van der Waals surface area contributed by atoms with E-state index in [-0.39, 0.29) is 6.10 Å². The molecule has 0 radical (unpaired) electrons. The molecular weight excluding hydrogens is 182 g/mol. The maximum absolute atomic E-state index is 5.51. The predicted octanol–water partition coefficient (Wildman–Crippen LogP) is 0.170. The van der Waals surface area contributed by atoms with Crippen molar-refractivity contribution in [2.24, 2.45) is 0 Å². The Morgan fingerprint density at radius 1 is 1.00 bits per heavy atom. The maximum atomic E-state index is 5.51. The fourth-order valence-corrected chi connectivity index (χ4v) is 1.87. The average Bonchev–Trinajstić information content (AvgIpc) is 2.72. The maximum Gasteiger partial charge on any atom is 0.0933 e. The Labute approximate surface area is 84.9 Å².